The molecule has 0 aliphatic heterocycles. The molecule has 100 valence electrons. The Morgan fingerprint density at radius 2 is 2.11 bits per heavy atom. The molecule has 0 amide bonds. The number of carboxylic acids is 1. The molecule has 0 aliphatic carbocycles. The first-order valence-corrected chi connectivity index (χ1v) is 6.03. The van der Waals surface area contributed by atoms with Gasteiger partial charge in [-0.3, -0.25) is 4.79 Å². The number of halogens is 2. The molecule has 0 saturated carbocycles. The van der Waals surface area contributed by atoms with Crippen molar-refractivity contribution in [3.63, 3.8) is 0 Å². The van der Waals surface area contributed by atoms with Gasteiger partial charge >= 0.3 is 5.97 Å². The first-order valence-electron chi connectivity index (χ1n) is 5.24. The van der Waals surface area contributed by atoms with E-state index < -0.39 is 17.7 Å². The number of carboxylic acid groups (broad SMARTS) is 1. The maximum absolute atomic E-state index is 13.7. The van der Waals surface area contributed by atoms with Crippen molar-refractivity contribution in [2.24, 2.45) is 5.92 Å². The molecule has 18 heavy (non-hydrogen) atoms. The van der Waals surface area contributed by atoms with Gasteiger partial charge < -0.3 is 14.6 Å². The standard InChI is InChI=1S/C12H14BrFO4/c1-6(12(15)16)4-7-10(13)8(14)5-9(17-2)11(7)18-3/h5-6H,4H2,1-3H3,(H,15,16). The molecular formula is C12H14BrFO4. The topological polar surface area (TPSA) is 55.8 Å². The number of hydrogen-bond donors (Lipinski definition) is 1. The molecule has 6 heteroatoms. The van der Waals surface area contributed by atoms with Gasteiger partial charge in [-0.15, -0.1) is 0 Å². The van der Waals surface area contributed by atoms with E-state index in [2.05, 4.69) is 15.9 Å². The van der Waals surface area contributed by atoms with Crippen LogP contribution in [0, 0.1) is 11.7 Å². The van der Waals surface area contributed by atoms with E-state index >= 15 is 0 Å². The van der Waals surface area contributed by atoms with Crippen molar-refractivity contribution in [1.29, 1.82) is 0 Å². The van der Waals surface area contributed by atoms with Crippen LogP contribution < -0.4 is 9.47 Å². The van der Waals surface area contributed by atoms with E-state index in [1.165, 1.54) is 20.3 Å². The average molecular weight is 321 g/mol. The molecule has 1 aromatic rings. The van der Waals surface area contributed by atoms with Crippen LogP contribution in [0.15, 0.2) is 10.5 Å². The van der Waals surface area contributed by atoms with E-state index in [4.69, 9.17) is 14.6 Å². The van der Waals surface area contributed by atoms with Crippen molar-refractivity contribution >= 4 is 21.9 Å². The molecule has 0 radical (unpaired) electrons. The number of rotatable bonds is 5. The predicted molar refractivity (Wildman–Crippen MR) is 67.7 cm³/mol. The highest BCUT2D eigenvalue weighted by Crippen LogP contribution is 2.39. The lowest BCUT2D eigenvalue weighted by Gasteiger charge is -2.16. The molecular weight excluding hydrogens is 307 g/mol. The Labute approximate surface area is 113 Å². The lowest BCUT2D eigenvalue weighted by Crippen LogP contribution is -2.14. The van der Waals surface area contributed by atoms with E-state index in [1.54, 1.807) is 6.92 Å². The summed E-state index contributed by atoms with van der Waals surface area (Å²) in [5, 5.41) is 8.91. The predicted octanol–water partition coefficient (Wildman–Crippen LogP) is 2.87. The summed E-state index contributed by atoms with van der Waals surface area (Å²) in [5.41, 5.74) is 0.448. The third-order valence-corrected chi connectivity index (χ3v) is 3.44. The fourth-order valence-electron chi connectivity index (χ4n) is 1.59. The minimum atomic E-state index is -0.952. The number of methoxy groups -OCH3 is 2. The summed E-state index contributed by atoms with van der Waals surface area (Å²) < 4.78 is 24.1. The zero-order chi connectivity index (χ0) is 13.9. The van der Waals surface area contributed by atoms with E-state index in [0.29, 0.717) is 11.3 Å². The van der Waals surface area contributed by atoms with Crippen molar-refractivity contribution in [3.8, 4) is 11.5 Å². The summed E-state index contributed by atoms with van der Waals surface area (Å²) in [6, 6.07) is 1.19. The average Bonchev–Trinajstić information content (AvgIpc) is 2.34. The van der Waals surface area contributed by atoms with E-state index in [1.807, 2.05) is 0 Å². The molecule has 0 fully saturated rings. The molecule has 0 heterocycles. The van der Waals surface area contributed by atoms with Crippen LogP contribution in [0.25, 0.3) is 0 Å². The molecule has 1 unspecified atom stereocenters. The van der Waals surface area contributed by atoms with Crippen LogP contribution in [0.2, 0.25) is 0 Å². The van der Waals surface area contributed by atoms with Gasteiger partial charge in [-0.2, -0.15) is 0 Å². The van der Waals surface area contributed by atoms with Crippen LogP contribution in [-0.2, 0) is 11.2 Å². The van der Waals surface area contributed by atoms with Crippen LogP contribution >= 0.6 is 15.9 Å². The van der Waals surface area contributed by atoms with Gasteiger partial charge in [0.05, 0.1) is 24.6 Å². The highest BCUT2D eigenvalue weighted by Gasteiger charge is 2.22. The number of ether oxygens (including phenoxy) is 2. The summed E-state index contributed by atoms with van der Waals surface area (Å²) in [5.74, 6) is -1.53. The number of aliphatic carboxylic acids is 1. The number of hydrogen-bond acceptors (Lipinski definition) is 3. The van der Waals surface area contributed by atoms with Gasteiger partial charge in [-0.25, -0.2) is 4.39 Å². The Kier molecular flexibility index (Phi) is 4.95. The van der Waals surface area contributed by atoms with Crippen molar-refractivity contribution in [3.05, 3.63) is 21.9 Å². The molecule has 1 atom stereocenters. The smallest absolute Gasteiger partial charge is 0.306 e. The lowest BCUT2D eigenvalue weighted by atomic mass is 10.00. The highest BCUT2D eigenvalue weighted by molar-refractivity contribution is 9.10. The van der Waals surface area contributed by atoms with Gasteiger partial charge in [0.1, 0.15) is 5.82 Å². The first kappa shape index (κ1) is 14.8. The van der Waals surface area contributed by atoms with Gasteiger partial charge in [-0.05, 0) is 22.4 Å². The summed E-state index contributed by atoms with van der Waals surface area (Å²) in [6.07, 6.45) is 0.146. The largest absolute Gasteiger partial charge is 0.493 e. The van der Waals surface area contributed by atoms with Crippen molar-refractivity contribution in [2.45, 2.75) is 13.3 Å². The van der Waals surface area contributed by atoms with Crippen LogP contribution in [0.3, 0.4) is 0 Å². The van der Waals surface area contributed by atoms with Crippen LogP contribution in [0.5, 0.6) is 11.5 Å². The van der Waals surface area contributed by atoms with Crippen LogP contribution in [-0.4, -0.2) is 25.3 Å². The summed E-state index contributed by atoms with van der Waals surface area (Å²) >= 11 is 3.11. The third kappa shape index (κ3) is 2.93. The molecule has 0 saturated heterocycles. The SMILES string of the molecule is COc1cc(F)c(Br)c(CC(C)C(=O)O)c1OC. The fourth-order valence-corrected chi connectivity index (χ4v) is 2.04. The Bertz CT molecular complexity index is 462. The Balaban J connectivity index is 3.30. The second-order valence-corrected chi connectivity index (χ2v) is 4.62. The highest BCUT2D eigenvalue weighted by atomic mass is 79.9. The normalized spacial score (nSPS) is 12.1. The van der Waals surface area contributed by atoms with E-state index in [-0.39, 0.29) is 16.6 Å². The molecule has 1 aromatic carbocycles. The van der Waals surface area contributed by atoms with E-state index in [0.717, 1.165) is 0 Å². The zero-order valence-corrected chi connectivity index (χ0v) is 11.9. The Morgan fingerprint density at radius 1 is 1.50 bits per heavy atom. The molecule has 0 spiro atoms. The van der Waals surface area contributed by atoms with E-state index in [9.17, 15) is 9.18 Å². The monoisotopic (exact) mass is 320 g/mol. The molecule has 1 N–H and O–H groups in total. The quantitative estimate of drug-likeness (QED) is 0.906. The Hall–Kier alpha value is -1.30. The van der Waals surface area contributed by atoms with Gasteiger partial charge in [-0.1, -0.05) is 6.92 Å². The molecule has 1 rings (SSSR count). The second-order valence-electron chi connectivity index (χ2n) is 3.83. The van der Waals surface area contributed by atoms with Gasteiger partial charge in [0.25, 0.3) is 0 Å². The second kappa shape index (κ2) is 6.04. The maximum atomic E-state index is 13.7. The minimum Gasteiger partial charge on any atom is -0.493 e. The van der Waals surface area contributed by atoms with Crippen LogP contribution in [0.1, 0.15) is 12.5 Å². The van der Waals surface area contributed by atoms with Gasteiger partial charge in [0, 0.05) is 11.6 Å². The third-order valence-electron chi connectivity index (χ3n) is 2.59. The summed E-state index contributed by atoms with van der Waals surface area (Å²) in [6.45, 7) is 1.55. The molecule has 4 nitrogen and oxygen atoms in total. The lowest BCUT2D eigenvalue weighted by molar-refractivity contribution is -0.141. The van der Waals surface area contributed by atoms with Crippen molar-refractivity contribution in [1.82, 2.24) is 0 Å². The summed E-state index contributed by atoms with van der Waals surface area (Å²) in [4.78, 5) is 10.9. The maximum Gasteiger partial charge on any atom is 0.306 e. The first-order chi connectivity index (χ1) is 8.42. The van der Waals surface area contributed by atoms with Crippen molar-refractivity contribution in [2.75, 3.05) is 14.2 Å². The minimum absolute atomic E-state index is 0.146. The van der Waals surface area contributed by atoms with Gasteiger partial charge in [0.2, 0.25) is 0 Å². The Morgan fingerprint density at radius 3 is 2.56 bits per heavy atom. The van der Waals surface area contributed by atoms with Gasteiger partial charge in [0.15, 0.2) is 11.5 Å². The van der Waals surface area contributed by atoms with Crippen LogP contribution in [0.4, 0.5) is 4.39 Å². The van der Waals surface area contributed by atoms with Crippen molar-refractivity contribution < 1.29 is 23.8 Å². The summed E-state index contributed by atoms with van der Waals surface area (Å²) in [7, 11) is 2.83. The number of carbonyl (C=O) groups is 1. The molecule has 0 aromatic heterocycles. The zero-order valence-electron chi connectivity index (χ0n) is 10.3. The molecule has 0 aliphatic rings. The fraction of sp³-hybridized carbons (Fsp3) is 0.417. The number of benzene rings is 1. The molecule has 0 bridgehead atoms.